The molecule has 3 nitrogen and oxygen atoms in total. The molecule has 1 unspecified atom stereocenters. The van der Waals surface area contributed by atoms with E-state index in [1.807, 2.05) is 0 Å². The van der Waals surface area contributed by atoms with E-state index >= 15 is 0 Å². The van der Waals surface area contributed by atoms with Crippen molar-refractivity contribution in [3.05, 3.63) is 0 Å². The molecule has 0 saturated heterocycles. The number of hydrogen-bond donors (Lipinski definition) is 2. The standard InChI is InChI=1S/C7H17N.CH2O2/c1-3-4-5-6-7(2)8;2-1-3/h7H,3-6,8H2,1-2H3;1H,(H,2,3). The number of rotatable bonds is 4. The maximum atomic E-state index is 8.36. The number of carboxylic acid groups (broad SMARTS) is 1. The van der Waals surface area contributed by atoms with Gasteiger partial charge in [0.15, 0.2) is 0 Å². The van der Waals surface area contributed by atoms with Gasteiger partial charge in [0.25, 0.3) is 6.47 Å². The van der Waals surface area contributed by atoms with Gasteiger partial charge in [0.1, 0.15) is 0 Å². The van der Waals surface area contributed by atoms with Crippen LogP contribution in [0.1, 0.15) is 39.5 Å². The van der Waals surface area contributed by atoms with Gasteiger partial charge in [-0.2, -0.15) is 0 Å². The van der Waals surface area contributed by atoms with Crippen molar-refractivity contribution in [2.45, 2.75) is 45.6 Å². The lowest BCUT2D eigenvalue weighted by Crippen LogP contribution is -2.13. The Labute approximate surface area is 68.6 Å². The fraction of sp³-hybridized carbons (Fsp3) is 0.875. The van der Waals surface area contributed by atoms with Crippen molar-refractivity contribution in [1.29, 1.82) is 0 Å². The van der Waals surface area contributed by atoms with Crippen molar-refractivity contribution in [1.82, 2.24) is 0 Å². The highest BCUT2D eigenvalue weighted by molar-refractivity contribution is 5.32. The van der Waals surface area contributed by atoms with Crippen LogP contribution in [0.25, 0.3) is 0 Å². The summed E-state index contributed by atoms with van der Waals surface area (Å²) in [5.41, 5.74) is 5.53. The number of hydrogen-bond acceptors (Lipinski definition) is 2. The first-order valence-electron chi connectivity index (χ1n) is 4.02. The first-order valence-corrected chi connectivity index (χ1v) is 4.02. The van der Waals surface area contributed by atoms with Crippen LogP contribution in [0, 0.1) is 0 Å². The zero-order valence-electron chi connectivity index (χ0n) is 7.42. The van der Waals surface area contributed by atoms with Gasteiger partial charge in [-0.05, 0) is 13.3 Å². The second-order valence-electron chi connectivity index (χ2n) is 2.58. The smallest absolute Gasteiger partial charge is 0.290 e. The highest BCUT2D eigenvalue weighted by Crippen LogP contribution is 1.99. The van der Waals surface area contributed by atoms with Gasteiger partial charge in [0.2, 0.25) is 0 Å². The molecule has 0 aromatic carbocycles. The average Bonchev–Trinajstić information content (AvgIpc) is 1.89. The summed E-state index contributed by atoms with van der Waals surface area (Å²) in [5.74, 6) is 0. The van der Waals surface area contributed by atoms with Gasteiger partial charge in [0, 0.05) is 6.04 Å². The molecule has 0 aliphatic heterocycles. The van der Waals surface area contributed by atoms with E-state index in [-0.39, 0.29) is 6.47 Å². The molecule has 68 valence electrons. The fourth-order valence-corrected chi connectivity index (χ4v) is 0.716. The number of unbranched alkanes of at least 4 members (excludes halogenated alkanes) is 2. The molecule has 0 aromatic rings. The van der Waals surface area contributed by atoms with Crippen molar-refractivity contribution in [2.75, 3.05) is 0 Å². The predicted molar refractivity (Wildman–Crippen MR) is 46.5 cm³/mol. The van der Waals surface area contributed by atoms with Crippen LogP contribution < -0.4 is 5.73 Å². The Bertz CT molecular complexity index is 74.5. The lowest BCUT2D eigenvalue weighted by Gasteiger charge is -2.01. The van der Waals surface area contributed by atoms with Gasteiger partial charge in [-0.1, -0.05) is 26.2 Å². The van der Waals surface area contributed by atoms with E-state index in [9.17, 15) is 0 Å². The van der Waals surface area contributed by atoms with Crippen molar-refractivity contribution in [2.24, 2.45) is 5.73 Å². The molecular weight excluding hydrogens is 142 g/mol. The minimum atomic E-state index is -0.250. The predicted octanol–water partition coefficient (Wildman–Crippen LogP) is 1.61. The first-order chi connectivity index (χ1) is 5.18. The van der Waals surface area contributed by atoms with Crippen LogP contribution in [0.3, 0.4) is 0 Å². The molecule has 0 rings (SSSR count). The van der Waals surface area contributed by atoms with E-state index in [4.69, 9.17) is 15.6 Å². The summed E-state index contributed by atoms with van der Waals surface area (Å²) < 4.78 is 0. The maximum absolute atomic E-state index is 8.36. The third-order valence-electron chi connectivity index (χ3n) is 1.26. The van der Waals surface area contributed by atoms with Gasteiger partial charge >= 0.3 is 0 Å². The molecule has 3 heteroatoms. The van der Waals surface area contributed by atoms with Gasteiger partial charge < -0.3 is 10.8 Å². The van der Waals surface area contributed by atoms with Gasteiger partial charge in [-0.3, -0.25) is 4.79 Å². The summed E-state index contributed by atoms with van der Waals surface area (Å²) in [4.78, 5) is 8.36. The monoisotopic (exact) mass is 161 g/mol. The molecule has 0 aromatic heterocycles. The first kappa shape index (κ1) is 13.1. The van der Waals surface area contributed by atoms with E-state index in [1.165, 1.54) is 25.7 Å². The van der Waals surface area contributed by atoms with E-state index in [2.05, 4.69) is 13.8 Å². The summed E-state index contributed by atoms with van der Waals surface area (Å²) in [6.45, 7) is 4.02. The van der Waals surface area contributed by atoms with Crippen LogP contribution in [0.4, 0.5) is 0 Å². The van der Waals surface area contributed by atoms with Crippen LogP contribution in [0.15, 0.2) is 0 Å². The molecule has 0 heterocycles. The molecular formula is C8H19NO2. The summed E-state index contributed by atoms with van der Waals surface area (Å²) >= 11 is 0. The maximum Gasteiger partial charge on any atom is 0.290 e. The Morgan fingerprint density at radius 1 is 1.55 bits per heavy atom. The molecule has 0 radical (unpaired) electrons. The second kappa shape index (κ2) is 12.1. The molecule has 0 spiro atoms. The topological polar surface area (TPSA) is 63.3 Å². The van der Waals surface area contributed by atoms with Crippen molar-refractivity contribution in [3.8, 4) is 0 Å². The number of carbonyl (C=O) groups is 1. The van der Waals surface area contributed by atoms with Crippen LogP contribution in [-0.4, -0.2) is 17.6 Å². The Kier molecular flexibility index (Phi) is 14.4. The molecule has 0 aliphatic carbocycles. The Morgan fingerprint density at radius 3 is 2.27 bits per heavy atom. The third-order valence-corrected chi connectivity index (χ3v) is 1.26. The lowest BCUT2D eigenvalue weighted by molar-refractivity contribution is -0.122. The second-order valence-corrected chi connectivity index (χ2v) is 2.58. The Balaban J connectivity index is 0. The molecule has 0 aliphatic rings. The van der Waals surface area contributed by atoms with E-state index in [0.717, 1.165) is 0 Å². The minimum absolute atomic E-state index is 0.250. The van der Waals surface area contributed by atoms with E-state index < -0.39 is 0 Å². The average molecular weight is 161 g/mol. The molecule has 1 atom stereocenters. The molecule has 0 amide bonds. The summed E-state index contributed by atoms with van der Waals surface area (Å²) in [5, 5.41) is 6.89. The van der Waals surface area contributed by atoms with Crippen LogP contribution in [0.2, 0.25) is 0 Å². The summed E-state index contributed by atoms with van der Waals surface area (Å²) in [6, 6.07) is 0.404. The number of nitrogens with two attached hydrogens (primary N) is 1. The van der Waals surface area contributed by atoms with E-state index in [1.54, 1.807) is 0 Å². The van der Waals surface area contributed by atoms with Crippen molar-refractivity contribution >= 4 is 6.47 Å². The zero-order chi connectivity index (χ0) is 9.11. The van der Waals surface area contributed by atoms with Gasteiger partial charge in [0.05, 0.1) is 0 Å². The van der Waals surface area contributed by atoms with Crippen molar-refractivity contribution in [3.63, 3.8) is 0 Å². The normalized spacial score (nSPS) is 11.2. The zero-order valence-corrected chi connectivity index (χ0v) is 7.42. The minimum Gasteiger partial charge on any atom is -0.483 e. The van der Waals surface area contributed by atoms with Crippen LogP contribution in [0.5, 0.6) is 0 Å². The Morgan fingerprint density at radius 2 is 2.00 bits per heavy atom. The van der Waals surface area contributed by atoms with Crippen LogP contribution >= 0.6 is 0 Å². The lowest BCUT2D eigenvalue weighted by atomic mass is 10.1. The Hall–Kier alpha value is -0.570. The SMILES string of the molecule is CCCCCC(C)N.O=CO. The molecule has 0 bridgehead atoms. The quantitative estimate of drug-likeness (QED) is 0.486. The highest BCUT2D eigenvalue weighted by atomic mass is 16.3. The largest absolute Gasteiger partial charge is 0.483 e. The van der Waals surface area contributed by atoms with Gasteiger partial charge in [-0.15, -0.1) is 0 Å². The molecule has 0 fully saturated rings. The third kappa shape index (κ3) is 26.5. The summed E-state index contributed by atoms with van der Waals surface area (Å²) in [6.07, 6.45) is 5.12. The van der Waals surface area contributed by atoms with Crippen LogP contribution in [-0.2, 0) is 4.79 Å². The van der Waals surface area contributed by atoms with Crippen molar-refractivity contribution < 1.29 is 9.90 Å². The fourth-order valence-electron chi connectivity index (χ4n) is 0.716. The summed E-state index contributed by atoms with van der Waals surface area (Å²) in [7, 11) is 0. The molecule has 0 saturated carbocycles. The van der Waals surface area contributed by atoms with Gasteiger partial charge in [-0.25, -0.2) is 0 Å². The molecule has 3 N–H and O–H groups in total. The van der Waals surface area contributed by atoms with E-state index in [0.29, 0.717) is 6.04 Å². The highest BCUT2D eigenvalue weighted by Gasteiger charge is 1.90. The molecule has 11 heavy (non-hydrogen) atoms.